The summed E-state index contributed by atoms with van der Waals surface area (Å²) in [6.07, 6.45) is 52.4. The molecule has 6 nitrogen and oxygen atoms in total. The smallest absolute Gasteiger partial charge is 0.306 e. The van der Waals surface area contributed by atoms with Crippen molar-refractivity contribution in [1.29, 1.82) is 0 Å². The molecule has 1 atom stereocenters. The Labute approximate surface area is 380 Å². The molecule has 0 aliphatic rings. The molecule has 0 spiro atoms. The van der Waals surface area contributed by atoms with Crippen LogP contribution >= 0.6 is 0 Å². The number of rotatable bonds is 50. The van der Waals surface area contributed by atoms with Crippen molar-refractivity contribution >= 4 is 17.9 Å². The molecule has 0 bridgehead atoms. The Morgan fingerprint density at radius 2 is 0.541 bits per heavy atom. The maximum atomic E-state index is 12.8. The lowest BCUT2D eigenvalue weighted by Gasteiger charge is -2.18. The molecule has 0 heterocycles. The van der Waals surface area contributed by atoms with E-state index in [0.29, 0.717) is 19.3 Å². The molecule has 0 aromatic carbocycles. The van der Waals surface area contributed by atoms with Gasteiger partial charge in [0.15, 0.2) is 6.10 Å². The summed E-state index contributed by atoms with van der Waals surface area (Å²) >= 11 is 0. The number of carbonyl (C=O) groups is 3. The minimum atomic E-state index is -0.760. The van der Waals surface area contributed by atoms with Gasteiger partial charge in [-0.05, 0) is 25.2 Å². The molecule has 0 aromatic heterocycles. The van der Waals surface area contributed by atoms with E-state index < -0.39 is 6.10 Å². The molecule has 0 aromatic rings. The zero-order chi connectivity index (χ0) is 44.5. The van der Waals surface area contributed by atoms with Crippen LogP contribution in [0.2, 0.25) is 0 Å². The fourth-order valence-electron chi connectivity index (χ4n) is 8.39. The van der Waals surface area contributed by atoms with Crippen LogP contribution in [0.25, 0.3) is 0 Å². The summed E-state index contributed by atoms with van der Waals surface area (Å²) in [5, 5.41) is 0. The van der Waals surface area contributed by atoms with E-state index in [9.17, 15) is 14.4 Å². The second-order valence-corrected chi connectivity index (χ2v) is 19.3. The highest BCUT2D eigenvalue weighted by Crippen LogP contribution is 2.17. The lowest BCUT2D eigenvalue weighted by atomic mass is 10.0. The van der Waals surface area contributed by atoms with Gasteiger partial charge in [-0.3, -0.25) is 14.4 Å². The average molecular weight is 863 g/mol. The van der Waals surface area contributed by atoms with E-state index >= 15 is 0 Å². The van der Waals surface area contributed by atoms with Gasteiger partial charge in [0.2, 0.25) is 0 Å². The molecule has 0 amide bonds. The number of hydrogen-bond donors (Lipinski definition) is 0. The van der Waals surface area contributed by atoms with E-state index in [1.807, 2.05) is 0 Å². The minimum Gasteiger partial charge on any atom is -0.462 e. The Bertz CT molecular complexity index is 918. The summed E-state index contributed by atoms with van der Waals surface area (Å²) in [6.45, 7) is 9.03. The van der Waals surface area contributed by atoms with Crippen molar-refractivity contribution in [2.24, 2.45) is 5.92 Å². The Balaban J connectivity index is 4.23. The van der Waals surface area contributed by atoms with Crippen LogP contribution < -0.4 is 0 Å². The molecule has 0 radical (unpaired) electrons. The van der Waals surface area contributed by atoms with Gasteiger partial charge in [0.05, 0.1) is 0 Å². The summed E-state index contributed by atoms with van der Waals surface area (Å²) < 4.78 is 16.8. The van der Waals surface area contributed by atoms with Gasteiger partial charge in [-0.25, -0.2) is 0 Å². The van der Waals surface area contributed by atoms with Crippen molar-refractivity contribution in [2.75, 3.05) is 13.2 Å². The Hall–Kier alpha value is -1.59. The van der Waals surface area contributed by atoms with Crippen LogP contribution in [0, 0.1) is 5.92 Å². The third-order valence-electron chi connectivity index (χ3n) is 12.5. The summed E-state index contributed by atoms with van der Waals surface area (Å²) in [5.41, 5.74) is 0. The first kappa shape index (κ1) is 59.4. The third-order valence-corrected chi connectivity index (χ3v) is 12.5. The zero-order valence-corrected chi connectivity index (χ0v) is 41.6. The van der Waals surface area contributed by atoms with Gasteiger partial charge >= 0.3 is 17.9 Å². The minimum absolute atomic E-state index is 0.0625. The van der Waals surface area contributed by atoms with Crippen molar-refractivity contribution in [3.05, 3.63) is 0 Å². The molecule has 61 heavy (non-hydrogen) atoms. The van der Waals surface area contributed by atoms with E-state index in [1.165, 1.54) is 205 Å². The molecule has 6 heteroatoms. The molecule has 0 aliphatic heterocycles. The largest absolute Gasteiger partial charge is 0.462 e. The lowest BCUT2D eigenvalue weighted by Crippen LogP contribution is -2.30. The molecule has 0 saturated carbocycles. The van der Waals surface area contributed by atoms with Crippen LogP contribution in [-0.4, -0.2) is 37.2 Å². The summed E-state index contributed by atoms with van der Waals surface area (Å²) in [7, 11) is 0. The molecule has 0 fully saturated rings. The maximum Gasteiger partial charge on any atom is 0.306 e. The second-order valence-electron chi connectivity index (χ2n) is 19.3. The molecular weight excluding hydrogens is 757 g/mol. The fraction of sp³-hybridized carbons (Fsp3) is 0.945. The van der Waals surface area contributed by atoms with Crippen molar-refractivity contribution in [1.82, 2.24) is 0 Å². The predicted octanol–water partition coefficient (Wildman–Crippen LogP) is 17.8. The highest BCUT2D eigenvalue weighted by molar-refractivity contribution is 5.71. The van der Waals surface area contributed by atoms with Gasteiger partial charge in [-0.2, -0.15) is 0 Å². The topological polar surface area (TPSA) is 78.9 Å². The number of esters is 3. The normalized spacial score (nSPS) is 12.0. The van der Waals surface area contributed by atoms with Gasteiger partial charge in [0.1, 0.15) is 13.2 Å². The average Bonchev–Trinajstić information content (AvgIpc) is 3.24. The molecule has 362 valence electrons. The molecule has 0 N–H and O–H groups in total. The highest BCUT2D eigenvalue weighted by Gasteiger charge is 2.19. The predicted molar refractivity (Wildman–Crippen MR) is 261 cm³/mol. The number of ether oxygens (including phenoxy) is 3. The van der Waals surface area contributed by atoms with Crippen LogP contribution in [-0.2, 0) is 28.6 Å². The van der Waals surface area contributed by atoms with Crippen LogP contribution in [0.4, 0.5) is 0 Å². The summed E-state index contributed by atoms with van der Waals surface area (Å²) in [5.74, 6) is -0.00319. The van der Waals surface area contributed by atoms with E-state index in [1.54, 1.807) is 0 Å². The van der Waals surface area contributed by atoms with Gasteiger partial charge in [-0.1, -0.05) is 272 Å². The lowest BCUT2D eigenvalue weighted by molar-refractivity contribution is -0.167. The summed E-state index contributed by atoms with van der Waals surface area (Å²) in [4.78, 5) is 37.9. The van der Waals surface area contributed by atoms with Gasteiger partial charge in [0, 0.05) is 19.3 Å². The SMILES string of the molecule is CCCCCCCCCCCCCCCCCCCCC(=O)O[C@@H](COC(=O)CCCCCCCCCCC)COC(=O)CCCCCCCCCCCCCCCC(C)C. The van der Waals surface area contributed by atoms with Crippen molar-refractivity contribution in [2.45, 2.75) is 316 Å². The number of unbranched alkanes of at least 4 members (excludes halogenated alkanes) is 37. The Morgan fingerprint density at radius 1 is 0.311 bits per heavy atom. The highest BCUT2D eigenvalue weighted by atomic mass is 16.6. The second kappa shape index (κ2) is 49.4. The Morgan fingerprint density at radius 3 is 0.803 bits per heavy atom. The van der Waals surface area contributed by atoms with E-state index in [2.05, 4.69) is 27.7 Å². The van der Waals surface area contributed by atoms with E-state index in [-0.39, 0.29) is 31.1 Å². The summed E-state index contributed by atoms with van der Waals surface area (Å²) in [6, 6.07) is 0. The number of hydrogen-bond acceptors (Lipinski definition) is 6. The maximum absolute atomic E-state index is 12.8. The molecule has 0 saturated heterocycles. The molecule has 0 aliphatic carbocycles. The van der Waals surface area contributed by atoms with Crippen LogP contribution in [0.3, 0.4) is 0 Å². The van der Waals surface area contributed by atoms with E-state index in [4.69, 9.17) is 14.2 Å². The van der Waals surface area contributed by atoms with E-state index in [0.717, 1.165) is 63.7 Å². The standard InChI is InChI=1S/C55H106O6/c1-5-7-9-11-13-15-16-17-18-19-20-21-24-28-32-36-40-44-48-55(58)61-52(49-59-53(56)46-42-38-34-29-14-12-10-8-6-2)50-60-54(57)47-43-39-35-31-27-25-22-23-26-30-33-37-41-45-51(3)4/h51-52H,5-50H2,1-4H3/t52-/m0/s1. The Kier molecular flexibility index (Phi) is 48.1. The fourth-order valence-corrected chi connectivity index (χ4v) is 8.39. The van der Waals surface area contributed by atoms with Crippen molar-refractivity contribution in [3.63, 3.8) is 0 Å². The number of carbonyl (C=O) groups excluding carboxylic acids is 3. The van der Waals surface area contributed by atoms with Crippen LogP contribution in [0.1, 0.15) is 310 Å². The monoisotopic (exact) mass is 863 g/mol. The molecule has 0 rings (SSSR count). The van der Waals surface area contributed by atoms with Crippen LogP contribution in [0.15, 0.2) is 0 Å². The quantitative estimate of drug-likeness (QED) is 0.0344. The van der Waals surface area contributed by atoms with Gasteiger partial charge in [-0.15, -0.1) is 0 Å². The molecular formula is C55H106O6. The first-order valence-corrected chi connectivity index (χ1v) is 27.4. The first-order chi connectivity index (χ1) is 29.9. The first-order valence-electron chi connectivity index (χ1n) is 27.4. The van der Waals surface area contributed by atoms with Crippen LogP contribution in [0.5, 0.6) is 0 Å². The van der Waals surface area contributed by atoms with Gasteiger partial charge < -0.3 is 14.2 Å². The third kappa shape index (κ3) is 49.3. The van der Waals surface area contributed by atoms with Crippen molar-refractivity contribution in [3.8, 4) is 0 Å². The molecule has 0 unspecified atom stereocenters. The van der Waals surface area contributed by atoms with Crippen molar-refractivity contribution < 1.29 is 28.6 Å². The zero-order valence-electron chi connectivity index (χ0n) is 41.6. The van der Waals surface area contributed by atoms with Gasteiger partial charge in [0.25, 0.3) is 0 Å².